The smallest absolute Gasteiger partial charge is 0.223 e. The summed E-state index contributed by atoms with van der Waals surface area (Å²) in [7, 11) is 0. The molecule has 108 valence electrons. The standard InChI is InChI=1S/C16H22N2O2/c19-16-6-5-14-3-1-2-4-15(14)13-18(16)8-7-17-9-11-20-12-10-17/h1-4H,5-13H2. The summed E-state index contributed by atoms with van der Waals surface area (Å²) >= 11 is 0. The molecule has 0 spiro atoms. The van der Waals surface area contributed by atoms with Gasteiger partial charge in [-0.25, -0.2) is 0 Å². The first-order chi connectivity index (χ1) is 9.83. The van der Waals surface area contributed by atoms with Crippen molar-refractivity contribution in [3.8, 4) is 0 Å². The molecule has 1 amide bonds. The van der Waals surface area contributed by atoms with Gasteiger partial charge in [0.1, 0.15) is 0 Å². The second-order valence-electron chi connectivity index (χ2n) is 5.54. The molecule has 0 saturated carbocycles. The van der Waals surface area contributed by atoms with Gasteiger partial charge in [0, 0.05) is 39.1 Å². The third-order valence-corrected chi connectivity index (χ3v) is 4.23. The van der Waals surface area contributed by atoms with Gasteiger partial charge in [-0.05, 0) is 17.5 Å². The molecule has 0 atom stereocenters. The Balaban J connectivity index is 1.61. The predicted octanol–water partition coefficient (Wildman–Crippen LogP) is 1.29. The summed E-state index contributed by atoms with van der Waals surface area (Å²) in [4.78, 5) is 16.6. The summed E-state index contributed by atoms with van der Waals surface area (Å²) in [6.07, 6.45) is 1.52. The van der Waals surface area contributed by atoms with E-state index in [9.17, 15) is 4.79 Å². The molecule has 4 heteroatoms. The highest BCUT2D eigenvalue weighted by Crippen LogP contribution is 2.19. The van der Waals surface area contributed by atoms with Gasteiger partial charge in [-0.1, -0.05) is 24.3 Å². The molecule has 0 N–H and O–H groups in total. The van der Waals surface area contributed by atoms with Crippen LogP contribution < -0.4 is 0 Å². The maximum atomic E-state index is 12.2. The van der Waals surface area contributed by atoms with Gasteiger partial charge in [0.15, 0.2) is 0 Å². The number of rotatable bonds is 3. The van der Waals surface area contributed by atoms with Crippen molar-refractivity contribution in [3.05, 3.63) is 35.4 Å². The molecule has 1 saturated heterocycles. The van der Waals surface area contributed by atoms with Crippen LogP contribution in [0.2, 0.25) is 0 Å². The predicted molar refractivity (Wildman–Crippen MR) is 77.4 cm³/mol. The lowest BCUT2D eigenvalue weighted by molar-refractivity contribution is -0.131. The molecule has 3 rings (SSSR count). The number of carbonyl (C=O) groups is 1. The second kappa shape index (κ2) is 6.37. The number of carbonyl (C=O) groups excluding carboxylic acids is 1. The zero-order chi connectivity index (χ0) is 13.8. The second-order valence-corrected chi connectivity index (χ2v) is 5.54. The van der Waals surface area contributed by atoms with Gasteiger partial charge < -0.3 is 9.64 Å². The lowest BCUT2D eigenvalue weighted by Crippen LogP contribution is -2.42. The highest BCUT2D eigenvalue weighted by atomic mass is 16.5. The lowest BCUT2D eigenvalue weighted by Gasteiger charge is -2.29. The molecule has 0 aliphatic carbocycles. The Morgan fingerprint density at radius 1 is 1.00 bits per heavy atom. The highest BCUT2D eigenvalue weighted by molar-refractivity contribution is 5.77. The molecule has 4 nitrogen and oxygen atoms in total. The van der Waals surface area contributed by atoms with Gasteiger partial charge in [0.25, 0.3) is 0 Å². The molecular formula is C16H22N2O2. The Morgan fingerprint density at radius 3 is 2.55 bits per heavy atom. The molecule has 1 fully saturated rings. The van der Waals surface area contributed by atoms with Crippen molar-refractivity contribution < 1.29 is 9.53 Å². The Bertz CT molecular complexity index is 469. The number of morpholine rings is 1. The van der Waals surface area contributed by atoms with E-state index in [4.69, 9.17) is 4.74 Å². The number of ether oxygens (including phenoxy) is 1. The molecule has 0 aromatic heterocycles. The van der Waals surface area contributed by atoms with Crippen LogP contribution in [0, 0.1) is 0 Å². The van der Waals surface area contributed by atoms with Crippen LogP contribution >= 0.6 is 0 Å². The number of amides is 1. The fourth-order valence-corrected chi connectivity index (χ4v) is 2.94. The third kappa shape index (κ3) is 3.19. The van der Waals surface area contributed by atoms with Crippen LogP contribution in [0.3, 0.4) is 0 Å². The van der Waals surface area contributed by atoms with E-state index in [-0.39, 0.29) is 5.91 Å². The summed E-state index contributed by atoms with van der Waals surface area (Å²) in [6.45, 7) is 6.15. The Hall–Kier alpha value is -1.39. The zero-order valence-corrected chi connectivity index (χ0v) is 11.9. The minimum absolute atomic E-state index is 0.287. The monoisotopic (exact) mass is 274 g/mol. The molecule has 1 aromatic carbocycles. The van der Waals surface area contributed by atoms with Gasteiger partial charge in [-0.2, -0.15) is 0 Å². The SMILES string of the molecule is O=C1CCc2ccccc2CN1CCN1CCOCC1. The number of hydrogen-bond acceptors (Lipinski definition) is 3. The topological polar surface area (TPSA) is 32.8 Å². The lowest BCUT2D eigenvalue weighted by atomic mass is 10.0. The first kappa shape index (κ1) is 13.6. The van der Waals surface area contributed by atoms with Gasteiger partial charge in [-0.3, -0.25) is 9.69 Å². The molecule has 0 radical (unpaired) electrons. The minimum atomic E-state index is 0.287. The summed E-state index contributed by atoms with van der Waals surface area (Å²) in [6, 6.07) is 8.42. The number of fused-ring (bicyclic) bond motifs is 1. The number of nitrogens with zero attached hydrogens (tertiary/aromatic N) is 2. The fourth-order valence-electron chi connectivity index (χ4n) is 2.94. The molecular weight excluding hydrogens is 252 g/mol. The van der Waals surface area contributed by atoms with Crippen molar-refractivity contribution >= 4 is 5.91 Å². The van der Waals surface area contributed by atoms with Crippen LogP contribution in [0.1, 0.15) is 17.5 Å². The van der Waals surface area contributed by atoms with Gasteiger partial charge in [0.05, 0.1) is 13.2 Å². The van der Waals surface area contributed by atoms with Crippen LogP contribution in [-0.2, 0) is 22.5 Å². The summed E-state index contributed by atoms with van der Waals surface area (Å²) in [5.41, 5.74) is 2.63. The quantitative estimate of drug-likeness (QED) is 0.833. The van der Waals surface area contributed by atoms with Crippen molar-refractivity contribution in [2.75, 3.05) is 39.4 Å². The van der Waals surface area contributed by atoms with E-state index in [1.165, 1.54) is 11.1 Å². The molecule has 2 aliphatic heterocycles. The van der Waals surface area contributed by atoms with E-state index in [2.05, 4.69) is 29.2 Å². The Labute approximate surface area is 120 Å². The molecule has 1 aromatic rings. The molecule has 2 heterocycles. The Kier molecular flexibility index (Phi) is 4.33. The number of hydrogen-bond donors (Lipinski definition) is 0. The van der Waals surface area contributed by atoms with E-state index in [1.807, 2.05) is 4.90 Å². The summed E-state index contributed by atoms with van der Waals surface area (Å²) in [5, 5.41) is 0. The van der Waals surface area contributed by atoms with E-state index in [0.717, 1.165) is 52.4 Å². The minimum Gasteiger partial charge on any atom is -0.379 e. The van der Waals surface area contributed by atoms with Gasteiger partial charge in [0.2, 0.25) is 5.91 Å². The van der Waals surface area contributed by atoms with Gasteiger partial charge in [-0.15, -0.1) is 0 Å². The van der Waals surface area contributed by atoms with Crippen molar-refractivity contribution in [3.63, 3.8) is 0 Å². The number of aryl methyl sites for hydroxylation is 1. The van der Waals surface area contributed by atoms with E-state index < -0.39 is 0 Å². The summed E-state index contributed by atoms with van der Waals surface area (Å²) in [5.74, 6) is 0.287. The fraction of sp³-hybridized carbons (Fsp3) is 0.562. The first-order valence-electron chi connectivity index (χ1n) is 7.47. The van der Waals surface area contributed by atoms with E-state index in [0.29, 0.717) is 6.42 Å². The first-order valence-corrected chi connectivity index (χ1v) is 7.47. The van der Waals surface area contributed by atoms with Crippen molar-refractivity contribution in [2.45, 2.75) is 19.4 Å². The number of benzene rings is 1. The van der Waals surface area contributed by atoms with Gasteiger partial charge >= 0.3 is 0 Å². The zero-order valence-electron chi connectivity index (χ0n) is 11.9. The maximum Gasteiger partial charge on any atom is 0.223 e. The largest absolute Gasteiger partial charge is 0.379 e. The third-order valence-electron chi connectivity index (χ3n) is 4.23. The van der Waals surface area contributed by atoms with E-state index >= 15 is 0 Å². The highest BCUT2D eigenvalue weighted by Gasteiger charge is 2.21. The van der Waals surface area contributed by atoms with Crippen molar-refractivity contribution in [2.24, 2.45) is 0 Å². The molecule has 0 bridgehead atoms. The van der Waals surface area contributed by atoms with Crippen LogP contribution in [-0.4, -0.2) is 55.1 Å². The molecule has 0 unspecified atom stereocenters. The van der Waals surface area contributed by atoms with Crippen LogP contribution in [0.25, 0.3) is 0 Å². The molecule has 20 heavy (non-hydrogen) atoms. The van der Waals surface area contributed by atoms with E-state index in [1.54, 1.807) is 0 Å². The average Bonchev–Trinajstić information content (AvgIpc) is 2.66. The normalized spacial score (nSPS) is 20.6. The average molecular weight is 274 g/mol. The maximum absolute atomic E-state index is 12.2. The van der Waals surface area contributed by atoms with Crippen molar-refractivity contribution in [1.82, 2.24) is 9.80 Å². The summed E-state index contributed by atoms with van der Waals surface area (Å²) < 4.78 is 5.36. The van der Waals surface area contributed by atoms with Crippen LogP contribution in [0.5, 0.6) is 0 Å². The van der Waals surface area contributed by atoms with Crippen molar-refractivity contribution in [1.29, 1.82) is 0 Å². The Morgan fingerprint density at radius 2 is 1.75 bits per heavy atom. The van der Waals surface area contributed by atoms with Crippen LogP contribution in [0.15, 0.2) is 24.3 Å². The molecule has 2 aliphatic rings. The van der Waals surface area contributed by atoms with Crippen LogP contribution in [0.4, 0.5) is 0 Å².